The lowest BCUT2D eigenvalue weighted by Crippen LogP contribution is -2.16. The van der Waals surface area contributed by atoms with Crippen LogP contribution >= 0.6 is 11.6 Å². The maximum atomic E-state index is 8.95. The first-order valence-corrected chi connectivity index (χ1v) is 8.72. The molecule has 0 fully saturated rings. The van der Waals surface area contributed by atoms with Gasteiger partial charge in [0.25, 0.3) is 0 Å². The molecule has 80 valence electrons. The molecule has 0 saturated heterocycles. The van der Waals surface area contributed by atoms with E-state index < -0.39 is 8.07 Å². The number of rotatable bonds is 1. The summed E-state index contributed by atoms with van der Waals surface area (Å²) in [4.78, 5) is 0. The van der Waals surface area contributed by atoms with Crippen LogP contribution in [0.3, 0.4) is 0 Å². The molecule has 0 saturated carbocycles. The van der Waals surface area contributed by atoms with Crippen LogP contribution in [-0.4, -0.2) is 13.2 Å². The minimum atomic E-state index is -1.33. The molecule has 0 aromatic heterocycles. The molecule has 0 amide bonds. The Morgan fingerprint density at radius 1 is 1.33 bits per heavy atom. The Kier molecular flexibility index (Phi) is 3.98. The number of benzene rings is 1. The van der Waals surface area contributed by atoms with E-state index in [4.69, 9.17) is 16.7 Å². The van der Waals surface area contributed by atoms with Gasteiger partial charge in [-0.3, -0.25) is 0 Å². The predicted octanol–water partition coefficient (Wildman–Crippen LogP) is 3.06. The third-order valence-electron chi connectivity index (χ3n) is 1.81. The van der Waals surface area contributed by atoms with Crippen LogP contribution in [0, 0.1) is 11.5 Å². The molecule has 15 heavy (non-hydrogen) atoms. The van der Waals surface area contributed by atoms with Crippen molar-refractivity contribution in [2.24, 2.45) is 0 Å². The molecule has 0 atom stereocenters. The van der Waals surface area contributed by atoms with Gasteiger partial charge in [-0.15, -0.1) is 5.54 Å². The first-order chi connectivity index (χ1) is 6.92. The van der Waals surface area contributed by atoms with Crippen LogP contribution in [0.5, 0.6) is 0 Å². The van der Waals surface area contributed by atoms with Gasteiger partial charge in [0.05, 0.1) is 6.61 Å². The molecular weight excluding hydrogens is 224 g/mol. The molecular formula is C12H15ClOSi. The first-order valence-electron chi connectivity index (χ1n) is 4.85. The minimum Gasteiger partial charge on any atom is -0.392 e. The summed E-state index contributed by atoms with van der Waals surface area (Å²) in [7, 11) is -1.33. The summed E-state index contributed by atoms with van der Waals surface area (Å²) < 4.78 is 0. The third kappa shape index (κ3) is 4.09. The zero-order valence-electron chi connectivity index (χ0n) is 9.26. The summed E-state index contributed by atoms with van der Waals surface area (Å²) in [5.41, 5.74) is 4.93. The quantitative estimate of drug-likeness (QED) is 0.589. The van der Waals surface area contributed by atoms with Crippen molar-refractivity contribution in [3.8, 4) is 11.5 Å². The van der Waals surface area contributed by atoms with Crippen molar-refractivity contribution < 1.29 is 5.11 Å². The molecule has 1 rings (SSSR count). The maximum absolute atomic E-state index is 8.95. The first kappa shape index (κ1) is 12.3. The Morgan fingerprint density at radius 3 is 2.47 bits per heavy atom. The maximum Gasteiger partial charge on any atom is 0.129 e. The van der Waals surface area contributed by atoms with Crippen LogP contribution in [0.2, 0.25) is 24.7 Å². The van der Waals surface area contributed by atoms with Crippen LogP contribution in [0.15, 0.2) is 18.2 Å². The summed E-state index contributed by atoms with van der Waals surface area (Å²) in [5, 5.41) is 9.54. The van der Waals surface area contributed by atoms with Crippen molar-refractivity contribution in [3.63, 3.8) is 0 Å². The SMILES string of the molecule is C[Si](C)(C)C#Cc1ccc(CO)c(Cl)c1. The summed E-state index contributed by atoms with van der Waals surface area (Å²) in [5.74, 6) is 3.12. The lowest BCUT2D eigenvalue weighted by atomic mass is 10.1. The number of aliphatic hydroxyl groups is 1. The van der Waals surface area contributed by atoms with Gasteiger partial charge in [-0.1, -0.05) is 43.2 Å². The molecule has 0 aliphatic rings. The normalized spacial score (nSPS) is 10.7. The summed E-state index contributed by atoms with van der Waals surface area (Å²) in [6.45, 7) is 6.57. The van der Waals surface area contributed by atoms with E-state index in [1.165, 1.54) is 0 Å². The monoisotopic (exact) mass is 238 g/mol. The molecule has 1 nitrogen and oxygen atoms in total. The Labute approximate surface area is 97.1 Å². The van der Waals surface area contributed by atoms with Crippen molar-refractivity contribution in [1.29, 1.82) is 0 Å². The second-order valence-electron chi connectivity index (χ2n) is 4.46. The van der Waals surface area contributed by atoms with Gasteiger partial charge in [0.15, 0.2) is 0 Å². The molecule has 3 heteroatoms. The molecule has 0 heterocycles. The highest BCUT2D eigenvalue weighted by atomic mass is 35.5. The van der Waals surface area contributed by atoms with Crippen LogP contribution < -0.4 is 0 Å². The van der Waals surface area contributed by atoms with E-state index in [2.05, 4.69) is 31.1 Å². The van der Waals surface area contributed by atoms with Crippen LogP contribution in [0.1, 0.15) is 11.1 Å². The number of hydrogen-bond donors (Lipinski definition) is 1. The van der Waals surface area contributed by atoms with E-state index in [0.29, 0.717) is 5.02 Å². The molecule has 0 aliphatic carbocycles. The van der Waals surface area contributed by atoms with Gasteiger partial charge in [0.1, 0.15) is 8.07 Å². The van der Waals surface area contributed by atoms with E-state index in [0.717, 1.165) is 11.1 Å². The van der Waals surface area contributed by atoms with Gasteiger partial charge in [-0.05, 0) is 17.7 Å². The Morgan fingerprint density at radius 2 is 2.00 bits per heavy atom. The molecule has 0 radical (unpaired) electrons. The lowest BCUT2D eigenvalue weighted by Gasteiger charge is -2.04. The topological polar surface area (TPSA) is 20.2 Å². The van der Waals surface area contributed by atoms with Crippen molar-refractivity contribution in [2.75, 3.05) is 0 Å². The molecule has 1 aromatic rings. The smallest absolute Gasteiger partial charge is 0.129 e. The highest BCUT2D eigenvalue weighted by molar-refractivity contribution is 6.83. The zero-order chi connectivity index (χ0) is 11.5. The molecule has 0 aliphatic heterocycles. The molecule has 0 bridgehead atoms. The van der Waals surface area contributed by atoms with Gasteiger partial charge < -0.3 is 5.11 Å². The lowest BCUT2D eigenvalue weighted by molar-refractivity contribution is 0.282. The molecule has 0 spiro atoms. The largest absolute Gasteiger partial charge is 0.392 e. The fraction of sp³-hybridized carbons (Fsp3) is 0.333. The second kappa shape index (κ2) is 4.85. The fourth-order valence-electron chi connectivity index (χ4n) is 1.01. The van der Waals surface area contributed by atoms with Gasteiger partial charge in [0, 0.05) is 10.6 Å². The standard InChI is InChI=1S/C12H15ClOSi/c1-15(2,3)7-6-10-4-5-11(9-14)12(13)8-10/h4-5,8,14H,9H2,1-3H3. The highest BCUT2D eigenvalue weighted by Crippen LogP contribution is 2.17. The highest BCUT2D eigenvalue weighted by Gasteiger charge is 2.07. The van der Waals surface area contributed by atoms with Gasteiger partial charge >= 0.3 is 0 Å². The molecule has 1 N–H and O–H groups in total. The zero-order valence-corrected chi connectivity index (χ0v) is 11.0. The number of hydrogen-bond acceptors (Lipinski definition) is 1. The van der Waals surface area contributed by atoms with Gasteiger partial charge in [-0.25, -0.2) is 0 Å². The second-order valence-corrected chi connectivity index (χ2v) is 9.62. The Hall–Kier alpha value is -0.753. The number of aliphatic hydroxyl groups excluding tert-OH is 1. The van der Waals surface area contributed by atoms with Crippen molar-refractivity contribution >= 4 is 19.7 Å². The third-order valence-corrected chi connectivity index (χ3v) is 3.03. The summed E-state index contributed by atoms with van der Waals surface area (Å²) in [6, 6.07) is 5.52. The molecule has 1 aromatic carbocycles. The van der Waals surface area contributed by atoms with Crippen molar-refractivity contribution in [3.05, 3.63) is 34.3 Å². The summed E-state index contributed by atoms with van der Waals surface area (Å²) >= 11 is 5.96. The molecule has 0 unspecified atom stereocenters. The Bertz CT molecular complexity index is 410. The predicted molar refractivity (Wildman–Crippen MR) is 67.6 cm³/mol. The van der Waals surface area contributed by atoms with Crippen molar-refractivity contribution in [1.82, 2.24) is 0 Å². The minimum absolute atomic E-state index is 0.0272. The Balaban J connectivity index is 2.97. The van der Waals surface area contributed by atoms with E-state index >= 15 is 0 Å². The van der Waals surface area contributed by atoms with Gasteiger partial charge in [-0.2, -0.15) is 0 Å². The van der Waals surface area contributed by atoms with Crippen molar-refractivity contribution in [2.45, 2.75) is 26.2 Å². The van der Waals surface area contributed by atoms with Crippen LogP contribution in [-0.2, 0) is 6.61 Å². The van der Waals surface area contributed by atoms with E-state index in [9.17, 15) is 0 Å². The van der Waals surface area contributed by atoms with E-state index in [1.54, 1.807) is 6.07 Å². The van der Waals surface area contributed by atoms with E-state index in [-0.39, 0.29) is 6.61 Å². The number of halogens is 1. The van der Waals surface area contributed by atoms with Gasteiger partial charge in [0.2, 0.25) is 0 Å². The average molecular weight is 239 g/mol. The van der Waals surface area contributed by atoms with Crippen LogP contribution in [0.4, 0.5) is 0 Å². The average Bonchev–Trinajstić information content (AvgIpc) is 2.14. The van der Waals surface area contributed by atoms with E-state index in [1.807, 2.05) is 12.1 Å². The fourth-order valence-corrected chi connectivity index (χ4v) is 1.77. The summed E-state index contributed by atoms with van der Waals surface area (Å²) in [6.07, 6.45) is 0. The van der Waals surface area contributed by atoms with Crippen LogP contribution in [0.25, 0.3) is 0 Å².